The third-order valence-electron chi connectivity index (χ3n) is 0.853. The highest BCUT2D eigenvalue weighted by molar-refractivity contribution is 8.24. The minimum Gasteiger partial charge on any atom is -0.212 e. The first-order valence-electron chi connectivity index (χ1n) is 2.78. The second-order valence-electron chi connectivity index (χ2n) is 1.86. The minimum atomic E-state index is -3.11. The van der Waals surface area contributed by atoms with Crippen molar-refractivity contribution >= 4 is 31.9 Å². The molecule has 62 valence electrons. The zero-order valence-corrected chi connectivity index (χ0v) is 8.26. The van der Waals surface area contributed by atoms with E-state index < -0.39 is 10.0 Å². The summed E-state index contributed by atoms with van der Waals surface area (Å²) < 4.78 is 22.7. The lowest BCUT2D eigenvalue weighted by atomic mass is 10.5. The van der Waals surface area contributed by atoms with Gasteiger partial charge in [0.15, 0.2) is 0 Å². The van der Waals surface area contributed by atoms with Gasteiger partial charge in [0.1, 0.15) is 0 Å². The molecule has 6 heteroatoms. The van der Waals surface area contributed by atoms with Gasteiger partial charge in [0.05, 0.1) is 6.26 Å². The van der Waals surface area contributed by atoms with E-state index in [0.717, 1.165) is 27.5 Å². The first-order valence-corrected chi connectivity index (χ1v) is 6.23. The number of hydrogen-bond donors (Lipinski definition) is 0. The fourth-order valence-electron chi connectivity index (χ4n) is 0.434. The Morgan fingerprint density at radius 1 is 1.60 bits per heavy atom. The lowest BCUT2D eigenvalue weighted by Gasteiger charge is -2.12. The summed E-state index contributed by atoms with van der Waals surface area (Å²) in [4.78, 5) is 0. The van der Waals surface area contributed by atoms with E-state index in [1.54, 1.807) is 0 Å². The van der Waals surface area contributed by atoms with Crippen molar-refractivity contribution < 1.29 is 8.42 Å². The maximum absolute atomic E-state index is 10.8. The Bertz CT molecular complexity index is 180. The fraction of sp³-hybridized carbons (Fsp3) is 1.00. The molecule has 0 fully saturated rings. The molecule has 0 radical (unpaired) electrons. The molecule has 0 unspecified atom stereocenters. The standard InChI is InChI=1S/C4H10ClNO2S2/c1-3-4-6(9-5)10(2,7)8/h3-4H2,1-2H3. The van der Waals surface area contributed by atoms with Crippen LogP contribution in [0, 0.1) is 0 Å². The van der Waals surface area contributed by atoms with E-state index in [1.807, 2.05) is 6.92 Å². The molecule has 0 aliphatic heterocycles. The van der Waals surface area contributed by atoms with Gasteiger partial charge < -0.3 is 0 Å². The topological polar surface area (TPSA) is 37.4 Å². The summed E-state index contributed by atoms with van der Waals surface area (Å²) in [7, 11) is 2.18. The van der Waals surface area contributed by atoms with E-state index in [-0.39, 0.29) is 0 Å². The summed E-state index contributed by atoms with van der Waals surface area (Å²) >= 11 is 0.719. The molecule has 0 aromatic carbocycles. The summed E-state index contributed by atoms with van der Waals surface area (Å²) in [6.07, 6.45) is 1.91. The molecular weight excluding hydrogens is 194 g/mol. The third-order valence-corrected chi connectivity index (χ3v) is 3.89. The highest BCUT2D eigenvalue weighted by Crippen LogP contribution is 2.18. The van der Waals surface area contributed by atoms with E-state index in [9.17, 15) is 8.42 Å². The number of halogens is 1. The average molecular weight is 204 g/mol. The van der Waals surface area contributed by atoms with Crippen molar-refractivity contribution in [2.24, 2.45) is 0 Å². The van der Waals surface area contributed by atoms with Crippen LogP contribution in [0.2, 0.25) is 0 Å². The predicted molar refractivity (Wildman–Crippen MR) is 45.3 cm³/mol. The largest absolute Gasteiger partial charge is 0.221 e. The first-order chi connectivity index (χ1) is 4.52. The minimum absolute atomic E-state index is 0.465. The number of hydrogen-bond acceptors (Lipinski definition) is 3. The second-order valence-corrected chi connectivity index (χ2v) is 4.99. The highest BCUT2D eigenvalue weighted by Gasteiger charge is 2.14. The third kappa shape index (κ3) is 3.65. The fourth-order valence-corrected chi connectivity index (χ4v) is 2.74. The van der Waals surface area contributed by atoms with Gasteiger partial charge in [0, 0.05) is 17.7 Å². The molecule has 3 nitrogen and oxygen atoms in total. The molecule has 0 N–H and O–H groups in total. The van der Waals surface area contributed by atoms with Crippen LogP contribution in [-0.4, -0.2) is 24.9 Å². The molecule has 0 aromatic heterocycles. The SMILES string of the molecule is CCCN(SCl)S(C)(=O)=O. The number of sulfonamides is 1. The van der Waals surface area contributed by atoms with Gasteiger partial charge in [-0.3, -0.25) is 0 Å². The molecule has 0 bridgehead atoms. The summed E-state index contributed by atoms with van der Waals surface area (Å²) in [6.45, 7) is 2.36. The monoisotopic (exact) mass is 203 g/mol. The molecule has 0 atom stereocenters. The number of nitrogens with zero attached hydrogens (tertiary/aromatic N) is 1. The van der Waals surface area contributed by atoms with Gasteiger partial charge in [-0.2, -0.15) is 0 Å². The molecule has 10 heavy (non-hydrogen) atoms. The van der Waals surface area contributed by atoms with Gasteiger partial charge >= 0.3 is 0 Å². The van der Waals surface area contributed by atoms with Crippen molar-refractivity contribution in [2.45, 2.75) is 13.3 Å². The zero-order valence-electron chi connectivity index (χ0n) is 5.87. The van der Waals surface area contributed by atoms with Crippen LogP contribution in [-0.2, 0) is 10.0 Å². The van der Waals surface area contributed by atoms with Crippen molar-refractivity contribution in [3.05, 3.63) is 0 Å². The van der Waals surface area contributed by atoms with Crippen molar-refractivity contribution in [1.29, 1.82) is 0 Å². The molecule has 0 rings (SSSR count). The van der Waals surface area contributed by atoms with Crippen LogP contribution in [0.15, 0.2) is 0 Å². The zero-order chi connectivity index (χ0) is 8.20. The van der Waals surface area contributed by atoms with Gasteiger partial charge in [-0.05, 0) is 17.1 Å². The Hall–Kier alpha value is 0.550. The van der Waals surface area contributed by atoms with Gasteiger partial charge in [-0.15, -0.1) is 3.71 Å². The van der Waals surface area contributed by atoms with Crippen LogP contribution < -0.4 is 0 Å². The smallest absolute Gasteiger partial charge is 0.212 e. The molecule has 0 aliphatic rings. The molecular formula is C4H10ClNO2S2. The van der Waals surface area contributed by atoms with Crippen molar-refractivity contribution in [3.63, 3.8) is 0 Å². The van der Waals surface area contributed by atoms with Gasteiger partial charge in [0.25, 0.3) is 0 Å². The molecule has 0 aliphatic carbocycles. The van der Waals surface area contributed by atoms with Crippen LogP contribution in [0.3, 0.4) is 0 Å². The second kappa shape index (κ2) is 4.43. The van der Waals surface area contributed by atoms with E-state index in [4.69, 9.17) is 10.7 Å². The van der Waals surface area contributed by atoms with E-state index in [0.29, 0.717) is 6.54 Å². The summed E-state index contributed by atoms with van der Waals surface area (Å²) in [5.41, 5.74) is 0. The Morgan fingerprint density at radius 3 is 2.20 bits per heavy atom. The van der Waals surface area contributed by atoms with Crippen LogP contribution in [0.5, 0.6) is 0 Å². The molecule has 0 amide bonds. The Morgan fingerprint density at radius 2 is 2.10 bits per heavy atom. The first kappa shape index (κ1) is 10.6. The van der Waals surface area contributed by atoms with Crippen LogP contribution >= 0.6 is 21.8 Å². The Kier molecular flexibility index (Phi) is 4.68. The molecule has 0 saturated heterocycles. The van der Waals surface area contributed by atoms with Crippen molar-refractivity contribution in [2.75, 3.05) is 12.8 Å². The van der Waals surface area contributed by atoms with Gasteiger partial charge in [-0.1, -0.05) is 6.92 Å². The average Bonchev–Trinajstić information content (AvgIpc) is 1.80. The lowest BCUT2D eigenvalue weighted by Crippen LogP contribution is -2.22. The van der Waals surface area contributed by atoms with E-state index in [1.165, 1.54) is 0 Å². The van der Waals surface area contributed by atoms with Gasteiger partial charge in [0.2, 0.25) is 10.0 Å². The van der Waals surface area contributed by atoms with Crippen molar-refractivity contribution in [1.82, 2.24) is 3.71 Å². The summed E-state index contributed by atoms with van der Waals surface area (Å²) in [6, 6.07) is 0. The highest BCUT2D eigenvalue weighted by atomic mass is 35.7. The van der Waals surface area contributed by atoms with Crippen LogP contribution in [0.4, 0.5) is 0 Å². The van der Waals surface area contributed by atoms with E-state index >= 15 is 0 Å². The maximum Gasteiger partial charge on any atom is 0.221 e. The van der Waals surface area contributed by atoms with E-state index in [2.05, 4.69) is 0 Å². The Balaban J connectivity index is 4.08. The molecule has 0 spiro atoms. The Labute approximate surface area is 70.4 Å². The molecule has 0 heterocycles. The van der Waals surface area contributed by atoms with Crippen LogP contribution in [0.25, 0.3) is 0 Å². The van der Waals surface area contributed by atoms with Crippen LogP contribution in [0.1, 0.15) is 13.3 Å². The number of rotatable bonds is 4. The quantitative estimate of drug-likeness (QED) is 0.650. The normalized spacial score (nSPS) is 12.4. The van der Waals surface area contributed by atoms with Crippen molar-refractivity contribution in [3.8, 4) is 0 Å². The lowest BCUT2D eigenvalue weighted by molar-refractivity contribution is 0.547. The van der Waals surface area contributed by atoms with Gasteiger partial charge in [-0.25, -0.2) is 8.42 Å². The molecule has 0 saturated carbocycles. The predicted octanol–water partition coefficient (Wildman–Crippen LogP) is 1.46. The molecule has 0 aromatic rings. The summed E-state index contributed by atoms with van der Waals surface area (Å²) in [5, 5.41) is 0. The maximum atomic E-state index is 10.8. The summed E-state index contributed by atoms with van der Waals surface area (Å²) in [5.74, 6) is 0.